The number of rotatable bonds is 3. The average molecular weight is 227 g/mol. The minimum atomic E-state index is 0.853. The Labute approximate surface area is 102 Å². The summed E-state index contributed by atoms with van der Waals surface area (Å²) in [5.74, 6) is 0.853. The van der Waals surface area contributed by atoms with Crippen LogP contribution >= 0.6 is 0 Å². The summed E-state index contributed by atoms with van der Waals surface area (Å²) in [4.78, 5) is 0. The standard InChI is InChI=1S/C15H17NO/c1-11-8-9-13(10-12(11)2)16-14-6-4-5-7-15(14)17-3/h4-10,16H,1-3H3. The number of para-hydroxylation sites is 2. The van der Waals surface area contributed by atoms with Gasteiger partial charge in [-0.2, -0.15) is 0 Å². The van der Waals surface area contributed by atoms with E-state index in [0.717, 1.165) is 17.1 Å². The highest BCUT2D eigenvalue weighted by molar-refractivity contribution is 5.66. The summed E-state index contributed by atoms with van der Waals surface area (Å²) < 4.78 is 5.31. The number of hydrogen-bond acceptors (Lipinski definition) is 2. The summed E-state index contributed by atoms with van der Waals surface area (Å²) in [5, 5.41) is 3.37. The third kappa shape index (κ3) is 2.59. The van der Waals surface area contributed by atoms with Crippen LogP contribution in [0.1, 0.15) is 11.1 Å². The van der Waals surface area contributed by atoms with Gasteiger partial charge in [-0.3, -0.25) is 0 Å². The van der Waals surface area contributed by atoms with Crippen LogP contribution in [0.15, 0.2) is 42.5 Å². The van der Waals surface area contributed by atoms with E-state index in [4.69, 9.17) is 4.74 Å². The number of hydrogen-bond donors (Lipinski definition) is 1. The molecule has 1 N–H and O–H groups in total. The number of methoxy groups -OCH3 is 1. The van der Waals surface area contributed by atoms with Crippen LogP contribution in [-0.2, 0) is 0 Å². The summed E-state index contributed by atoms with van der Waals surface area (Å²) in [7, 11) is 1.68. The fourth-order valence-corrected chi connectivity index (χ4v) is 1.72. The zero-order chi connectivity index (χ0) is 12.3. The largest absolute Gasteiger partial charge is 0.495 e. The number of aryl methyl sites for hydroxylation is 2. The van der Waals surface area contributed by atoms with Crippen LogP contribution in [0.5, 0.6) is 5.75 Å². The van der Waals surface area contributed by atoms with Gasteiger partial charge in [0.05, 0.1) is 12.8 Å². The van der Waals surface area contributed by atoms with Gasteiger partial charge in [-0.25, -0.2) is 0 Å². The molecule has 2 aromatic carbocycles. The molecule has 0 aliphatic heterocycles. The third-order valence-electron chi connectivity index (χ3n) is 2.89. The van der Waals surface area contributed by atoms with E-state index in [1.54, 1.807) is 7.11 Å². The number of ether oxygens (including phenoxy) is 1. The highest BCUT2D eigenvalue weighted by Crippen LogP contribution is 2.27. The fraction of sp³-hybridized carbons (Fsp3) is 0.200. The molecule has 2 aromatic rings. The molecule has 0 fully saturated rings. The van der Waals surface area contributed by atoms with E-state index in [2.05, 4.69) is 37.4 Å². The average Bonchev–Trinajstić information content (AvgIpc) is 2.34. The topological polar surface area (TPSA) is 21.3 Å². The van der Waals surface area contributed by atoms with Crippen molar-refractivity contribution in [2.75, 3.05) is 12.4 Å². The van der Waals surface area contributed by atoms with Crippen molar-refractivity contribution in [2.45, 2.75) is 13.8 Å². The van der Waals surface area contributed by atoms with Gasteiger partial charge in [-0.1, -0.05) is 18.2 Å². The zero-order valence-electron chi connectivity index (χ0n) is 10.4. The van der Waals surface area contributed by atoms with E-state index in [1.807, 2.05) is 24.3 Å². The van der Waals surface area contributed by atoms with Crippen LogP contribution in [-0.4, -0.2) is 7.11 Å². The van der Waals surface area contributed by atoms with Crippen LogP contribution in [0.25, 0.3) is 0 Å². The summed E-state index contributed by atoms with van der Waals surface area (Å²) in [6.07, 6.45) is 0. The second-order valence-electron chi connectivity index (χ2n) is 4.12. The van der Waals surface area contributed by atoms with E-state index in [9.17, 15) is 0 Å². The molecule has 88 valence electrons. The first-order valence-corrected chi connectivity index (χ1v) is 5.68. The lowest BCUT2D eigenvalue weighted by molar-refractivity contribution is 0.417. The molecule has 0 aliphatic carbocycles. The molecular weight excluding hydrogens is 210 g/mol. The lowest BCUT2D eigenvalue weighted by atomic mass is 10.1. The summed E-state index contributed by atoms with van der Waals surface area (Å²) >= 11 is 0. The van der Waals surface area contributed by atoms with Gasteiger partial charge >= 0.3 is 0 Å². The monoisotopic (exact) mass is 227 g/mol. The van der Waals surface area contributed by atoms with Crippen molar-refractivity contribution in [3.05, 3.63) is 53.6 Å². The van der Waals surface area contributed by atoms with Crippen molar-refractivity contribution < 1.29 is 4.74 Å². The number of anilines is 2. The van der Waals surface area contributed by atoms with Crippen molar-refractivity contribution in [2.24, 2.45) is 0 Å². The van der Waals surface area contributed by atoms with E-state index in [-0.39, 0.29) is 0 Å². The lowest BCUT2D eigenvalue weighted by Gasteiger charge is -2.12. The minimum absolute atomic E-state index is 0.853. The Kier molecular flexibility index (Phi) is 3.33. The van der Waals surface area contributed by atoms with Gasteiger partial charge in [-0.15, -0.1) is 0 Å². The summed E-state index contributed by atoms with van der Waals surface area (Å²) in [6.45, 7) is 4.23. The molecule has 0 radical (unpaired) electrons. The normalized spacial score (nSPS) is 10.1. The first-order valence-electron chi connectivity index (χ1n) is 5.68. The molecule has 0 aromatic heterocycles. The van der Waals surface area contributed by atoms with Crippen LogP contribution in [0, 0.1) is 13.8 Å². The predicted molar refractivity (Wildman–Crippen MR) is 72.2 cm³/mol. The third-order valence-corrected chi connectivity index (χ3v) is 2.89. The molecule has 0 saturated carbocycles. The molecule has 0 aliphatic rings. The van der Waals surface area contributed by atoms with Gasteiger partial charge in [0, 0.05) is 5.69 Å². The Morgan fingerprint density at radius 3 is 2.41 bits per heavy atom. The maximum atomic E-state index is 5.31. The first-order chi connectivity index (χ1) is 8.20. The molecule has 0 spiro atoms. The van der Waals surface area contributed by atoms with Crippen molar-refractivity contribution in [1.82, 2.24) is 0 Å². The summed E-state index contributed by atoms with van der Waals surface area (Å²) in [5.41, 5.74) is 4.65. The molecular formula is C15H17NO. The van der Waals surface area contributed by atoms with Crippen LogP contribution in [0.2, 0.25) is 0 Å². The van der Waals surface area contributed by atoms with Crippen molar-refractivity contribution in [3.63, 3.8) is 0 Å². The Bertz CT molecular complexity index is 520. The van der Waals surface area contributed by atoms with Gasteiger partial charge < -0.3 is 10.1 Å². The van der Waals surface area contributed by atoms with Gasteiger partial charge in [0.15, 0.2) is 0 Å². The maximum absolute atomic E-state index is 5.31. The van der Waals surface area contributed by atoms with E-state index in [0.29, 0.717) is 0 Å². The van der Waals surface area contributed by atoms with Crippen molar-refractivity contribution >= 4 is 11.4 Å². The minimum Gasteiger partial charge on any atom is -0.495 e. The molecule has 2 rings (SSSR count). The Balaban J connectivity index is 2.28. The second-order valence-corrected chi connectivity index (χ2v) is 4.12. The quantitative estimate of drug-likeness (QED) is 0.853. The second kappa shape index (κ2) is 4.91. The van der Waals surface area contributed by atoms with Crippen LogP contribution < -0.4 is 10.1 Å². The SMILES string of the molecule is COc1ccccc1Nc1ccc(C)c(C)c1. The number of nitrogens with one attached hydrogen (secondary N) is 1. The Morgan fingerprint density at radius 2 is 1.71 bits per heavy atom. The Hall–Kier alpha value is -1.96. The molecule has 0 amide bonds. The predicted octanol–water partition coefficient (Wildman–Crippen LogP) is 4.06. The zero-order valence-corrected chi connectivity index (χ0v) is 10.4. The molecule has 2 nitrogen and oxygen atoms in total. The van der Waals surface area contributed by atoms with Crippen LogP contribution in [0.4, 0.5) is 11.4 Å². The first kappa shape index (κ1) is 11.5. The van der Waals surface area contributed by atoms with Gasteiger partial charge in [-0.05, 0) is 49.2 Å². The van der Waals surface area contributed by atoms with E-state index >= 15 is 0 Å². The molecule has 2 heteroatoms. The molecule has 17 heavy (non-hydrogen) atoms. The smallest absolute Gasteiger partial charge is 0.142 e. The maximum Gasteiger partial charge on any atom is 0.142 e. The highest BCUT2D eigenvalue weighted by atomic mass is 16.5. The van der Waals surface area contributed by atoms with E-state index in [1.165, 1.54) is 11.1 Å². The van der Waals surface area contributed by atoms with Gasteiger partial charge in [0.25, 0.3) is 0 Å². The lowest BCUT2D eigenvalue weighted by Crippen LogP contribution is -1.95. The molecule has 0 atom stereocenters. The number of benzene rings is 2. The highest BCUT2D eigenvalue weighted by Gasteiger charge is 2.02. The van der Waals surface area contributed by atoms with Crippen LogP contribution in [0.3, 0.4) is 0 Å². The fourth-order valence-electron chi connectivity index (χ4n) is 1.72. The molecule has 0 saturated heterocycles. The van der Waals surface area contributed by atoms with Gasteiger partial charge in [0.2, 0.25) is 0 Å². The molecule has 0 heterocycles. The van der Waals surface area contributed by atoms with Crippen molar-refractivity contribution in [1.29, 1.82) is 0 Å². The van der Waals surface area contributed by atoms with Gasteiger partial charge in [0.1, 0.15) is 5.75 Å². The summed E-state index contributed by atoms with van der Waals surface area (Å²) in [6, 6.07) is 14.2. The molecule has 0 bridgehead atoms. The Morgan fingerprint density at radius 1 is 0.941 bits per heavy atom. The van der Waals surface area contributed by atoms with E-state index < -0.39 is 0 Å². The van der Waals surface area contributed by atoms with Crippen molar-refractivity contribution in [3.8, 4) is 5.75 Å². The molecule has 0 unspecified atom stereocenters.